The number of rotatable bonds is 8. The summed E-state index contributed by atoms with van der Waals surface area (Å²) in [4.78, 5) is 23.9. The van der Waals surface area contributed by atoms with Crippen molar-refractivity contribution in [2.75, 3.05) is 11.9 Å². The standard InChI is InChI=1S/C23H21NO5/c25-14-17-6-8-19(9-7-17)23(27)29-16-22(26)24-20-10-12-21(13-11-20)28-15-18-4-2-1-3-5-18/h1-13,25H,14-16H2,(H,24,26). The van der Waals surface area contributed by atoms with Gasteiger partial charge in [0.25, 0.3) is 5.91 Å². The van der Waals surface area contributed by atoms with E-state index in [1.54, 1.807) is 48.5 Å². The smallest absolute Gasteiger partial charge is 0.338 e. The average Bonchev–Trinajstić information content (AvgIpc) is 2.78. The third-order valence-corrected chi connectivity index (χ3v) is 4.09. The number of esters is 1. The fraction of sp³-hybridized carbons (Fsp3) is 0.130. The first-order chi connectivity index (χ1) is 14.1. The monoisotopic (exact) mass is 391 g/mol. The van der Waals surface area contributed by atoms with Gasteiger partial charge in [-0.3, -0.25) is 4.79 Å². The summed E-state index contributed by atoms with van der Waals surface area (Å²) in [5, 5.41) is 11.7. The van der Waals surface area contributed by atoms with Crippen LogP contribution in [0.1, 0.15) is 21.5 Å². The number of hydrogen-bond acceptors (Lipinski definition) is 5. The molecular weight excluding hydrogens is 370 g/mol. The van der Waals surface area contributed by atoms with Crippen LogP contribution in [-0.2, 0) is 22.7 Å². The molecule has 6 nitrogen and oxygen atoms in total. The molecule has 0 aliphatic carbocycles. The maximum atomic E-state index is 12.0. The molecule has 0 bridgehead atoms. The molecule has 0 heterocycles. The molecule has 0 aliphatic heterocycles. The molecule has 0 spiro atoms. The summed E-state index contributed by atoms with van der Waals surface area (Å²) in [5.41, 5.74) is 2.65. The number of ether oxygens (including phenoxy) is 2. The number of aliphatic hydroxyl groups excluding tert-OH is 1. The maximum absolute atomic E-state index is 12.0. The molecule has 3 rings (SSSR count). The Morgan fingerprint density at radius 2 is 1.52 bits per heavy atom. The van der Waals surface area contributed by atoms with Crippen LogP contribution in [0.5, 0.6) is 5.75 Å². The molecule has 2 N–H and O–H groups in total. The SMILES string of the molecule is O=C(COC(=O)c1ccc(CO)cc1)Nc1ccc(OCc2ccccc2)cc1. The van der Waals surface area contributed by atoms with Crippen LogP contribution in [0.2, 0.25) is 0 Å². The molecule has 0 fully saturated rings. The molecule has 0 unspecified atom stereocenters. The normalized spacial score (nSPS) is 10.2. The highest BCUT2D eigenvalue weighted by Gasteiger charge is 2.10. The highest BCUT2D eigenvalue weighted by atomic mass is 16.5. The minimum absolute atomic E-state index is 0.103. The third-order valence-electron chi connectivity index (χ3n) is 4.09. The molecular formula is C23H21NO5. The molecule has 0 radical (unpaired) electrons. The summed E-state index contributed by atoms with van der Waals surface area (Å²) < 4.78 is 10.7. The third kappa shape index (κ3) is 6.19. The van der Waals surface area contributed by atoms with Crippen LogP contribution >= 0.6 is 0 Å². The van der Waals surface area contributed by atoms with Gasteiger partial charge in [0, 0.05) is 5.69 Å². The number of aliphatic hydroxyl groups is 1. The number of benzene rings is 3. The quantitative estimate of drug-likeness (QED) is 0.574. The highest BCUT2D eigenvalue weighted by molar-refractivity contribution is 5.95. The Hall–Kier alpha value is -3.64. The van der Waals surface area contributed by atoms with E-state index < -0.39 is 18.5 Å². The van der Waals surface area contributed by atoms with E-state index in [0.717, 1.165) is 5.56 Å². The van der Waals surface area contributed by atoms with Gasteiger partial charge in [0.1, 0.15) is 12.4 Å². The Morgan fingerprint density at radius 1 is 0.828 bits per heavy atom. The summed E-state index contributed by atoms with van der Waals surface area (Å²) in [7, 11) is 0. The van der Waals surface area contributed by atoms with Gasteiger partial charge in [-0.1, -0.05) is 42.5 Å². The molecule has 0 atom stereocenters. The molecule has 1 amide bonds. The molecule has 148 valence electrons. The molecule has 29 heavy (non-hydrogen) atoms. The Bertz CT molecular complexity index is 937. The van der Waals surface area contributed by atoms with Crippen molar-refractivity contribution in [2.45, 2.75) is 13.2 Å². The van der Waals surface area contributed by atoms with Gasteiger partial charge >= 0.3 is 5.97 Å². The van der Waals surface area contributed by atoms with Gasteiger partial charge in [-0.05, 0) is 47.5 Å². The molecule has 6 heteroatoms. The second-order valence-electron chi connectivity index (χ2n) is 6.28. The number of carbonyl (C=O) groups excluding carboxylic acids is 2. The summed E-state index contributed by atoms with van der Waals surface area (Å²) in [6.07, 6.45) is 0. The Morgan fingerprint density at radius 3 is 2.17 bits per heavy atom. The Balaban J connectivity index is 1.44. The zero-order valence-corrected chi connectivity index (χ0v) is 15.7. The van der Waals surface area contributed by atoms with Crippen LogP contribution in [0.3, 0.4) is 0 Å². The number of anilines is 1. The van der Waals surface area contributed by atoms with Crippen molar-refractivity contribution < 1.29 is 24.2 Å². The van der Waals surface area contributed by atoms with Crippen LogP contribution in [-0.4, -0.2) is 23.6 Å². The van der Waals surface area contributed by atoms with E-state index in [9.17, 15) is 9.59 Å². The lowest BCUT2D eigenvalue weighted by molar-refractivity contribution is -0.119. The van der Waals surface area contributed by atoms with Crippen molar-refractivity contribution in [1.82, 2.24) is 0 Å². The van der Waals surface area contributed by atoms with E-state index in [-0.39, 0.29) is 6.61 Å². The first-order valence-electron chi connectivity index (χ1n) is 9.07. The largest absolute Gasteiger partial charge is 0.489 e. The Labute approximate surface area is 168 Å². The predicted molar refractivity (Wildman–Crippen MR) is 108 cm³/mol. The summed E-state index contributed by atoms with van der Waals surface area (Å²) in [5.74, 6) is -0.359. The molecule has 3 aromatic rings. The lowest BCUT2D eigenvalue weighted by Gasteiger charge is -2.09. The van der Waals surface area contributed by atoms with Gasteiger partial charge in [0.05, 0.1) is 12.2 Å². The minimum Gasteiger partial charge on any atom is -0.489 e. The fourth-order valence-electron chi connectivity index (χ4n) is 2.53. The summed E-state index contributed by atoms with van der Waals surface area (Å²) >= 11 is 0. The number of amides is 1. The molecule has 0 aromatic heterocycles. The fourth-order valence-corrected chi connectivity index (χ4v) is 2.53. The van der Waals surface area contributed by atoms with Crippen LogP contribution < -0.4 is 10.1 Å². The van der Waals surface area contributed by atoms with E-state index >= 15 is 0 Å². The molecule has 0 saturated heterocycles. The van der Waals surface area contributed by atoms with Crippen molar-refractivity contribution in [3.05, 3.63) is 95.6 Å². The zero-order valence-electron chi connectivity index (χ0n) is 15.7. The van der Waals surface area contributed by atoms with Crippen molar-refractivity contribution in [3.8, 4) is 5.75 Å². The maximum Gasteiger partial charge on any atom is 0.338 e. The van der Waals surface area contributed by atoms with E-state index in [1.165, 1.54) is 0 Å². The van der Waals surface area contributed by atoms with Crippen molar-refractivity contribution in [2.24, 2.45) is 0 Å². The summed E-state index contributed by atoms with van der Waals surface area (Å²) in [6, 6.07) is 23.1. The Kier molecular flexibility index (Phi) is 6.97. The zero-order chi connectivity index (χ0) is 20.5. The van der Waals surface area contributed by atoms with Gasteiger partial charge in [-0.15, -0.1) is 0 Å². The van der Waals surface area contributed by atoms with E-state index in [0.29, 0.717) is 29.2 Å². The first kappa shape index (κ1) is 20.1. The van der Waals surface area contributed by atoms with E-state index in [1.807, 2.05) is 30.3 Å². The van der Waals surface area contributed by atoms with Gasteiger partial charge in [0.2, 0.25) is 0 Å². The molecule has 3 aromatic carbocycles. The van der Waals surface area contributed by atoms with Crippen LogP contribution in [0.25, 0.3) is 0 Å². The average molecular weight is 391 g/mol. The second kappa shape index (κ2) is 10.1. The number of carbonyl (C=O) groups is 2. The van der Waals surface area contributed by atoms with E-state index in [4.69, 9.17) is 14.6 Å². The van der Waals surface area contributed by atoms with Crippen molar-refractivity contribution >= 4 is 17.6 Å². The van der Waals surface area contributed by atoms with Crippen molar-refractivity contribution in [1.29, 1.82) is 0 Å². The van der Waals surface area contributed by atoms with E-state index in [2.05, 4.69) is 5.32 Å². The van der Waals surface area contributed by atoms with Crippen LogP contribution in [0.4, 0.5) is 5.69 Å². The lowest BCUT2D eigenvalue weighted by atomic mass is 10.1. The van der Waals surface area contributed by atoms with Gasteiger partial charge in [-0.25, -0.2) is 4.79 Å². The minimum atomic E-state index is -0.603. The topological polar surface area (TPSA) is 84.9 Å². The molecule has 0 saturated carbocycles. The van der Waals surface area contributed by atoms with Gasteiger partial charge in [-0.2, -0.15) is 0 Å². The first-order valence-corrected chi connectivity index (χ1v) is 9.07. The van der Waals surface area contributed by atoms with Gasteiger partial charge < -0.3 is 19.9 Å². The number of hydrogen-bond donors (Lipinski definition) is 2. The van der Waals surface area contributed by atoms with Crippen LogP contribution in [0.15, 0.2) is 78.9 Å². The molecule has 0 aliphatic rings. The number of nitrogens with one attached hydrogen (secondary N) is 1. The predicted octanol–water partition coefficient (Wildman–Crippen LogP) is 3.55. The lowest BCUT2D eigenvalue weighted by Crippen LogP contribution is -2.20. The van der Waals surface area contributed by atoms with Crippen LogP contribution in [0, 0.1) is 0 Å². The van der Waals surface area contributed by atoms with Crippen molar-refractivity contribution in [3.63, 3.8) is 0 Å². The second-order valence-corrected chi connectivity index (χ2v) is 6.28. The highest BCUT2D eigenvalue weighted by Crippen LogP contribution is 2.17. The summed E-state index contributed by atoms with van der Waals surface area (Å²) in [6.45, 7) is -0.0392. The van der Waals surface area contributed by atoms with Gasteiger partial charge in [0.15, 0.2) is 6.61 Å².